The molecule has 0 amide bonds. The van der Waals surface area contributed by atoms with Crippen molar-refractivity contribution in [1.82, 2.24) is 0 Å². The maximum atomic E-state index is 12.6. The summed E-state index contributed by atoms with van der Waals surface area (Å²) in [6.07, 6.45) is 3.21. The Kier molecular flexibility index (Phi) is 2.94. The molecule has 64 valence electrons. The Labute approximate surface area is 69.5 Å². The lowest BCUT2D eigenvalue weighted by Gasteiger charge is -1.94. The molecule has 0 saturated carbocycles. The monoisotopic (exact) mass is 169 g/mol. The summed E-state index contributed by atoms with van der Waals surface area (Å²) in [5, 5.41) is 0. The van der Waals surface area contributed by atoms with Gasteiger partial charge >= 0.3 is 0 Å². The van der Waals surface area contributed by atoms with Gasteiger partial charge in [0.15, 0.2) is 0 Å². The zero-order chi connectivity index (χ0) is 8.97. The standard InChI is InChI=1S/C9H9F2N/c10-8-4-7(2-1-3-12)5-9(11)6-8/h1-2,4-6H,3,12H2. The fraction of sp³-hybridized carbons (Fsp3) is 0.111. The Bertz CT molecular complexity index is 274. The van der Waals surface area contributed by atoms with Crippen LogP contribution in [0.25, 0.3) is 6.08 Å². The minimum atomic E-state index is -0.577. The van der Waals surface area contributed by atoms with Crippen LogP contribution in [-0.4, -0.2) is 6.54 Å². The first kappa shape index (κ1) is 8.87. The molecule has 0 heterocycles. The van der Waals surface area contributed by atoms with Crippen LogP contribution >= 0.6 is 0 Å². The van der Waals surface area contributed by atoms with Gasteiger partial charge in [-0.3, -0.25) is 0 Å². The van der Waals surface area contributed by atoms with Crippen molar-refractivity contribution in [3.05, 3.63) is 41.5 Å². The van der Waals surface area contributed by atoms with Gasteiger partial charge in [-0.25, -0.2) is 8.78 Å². The third-order valence-electron chi connectivity index (χ3n) is 1.33. The van der Waals surface area contributed by atoms with Gasteiger partial charge in [-0.2, -0.15) is 0 Å². The number of nitrogens with two attached hydrogens (primary N) is 1. The zero-order valence-corrected chi connectivity index (χ0v) is 6.43. The van der Waals surface area contributed by atoms with E-state index in [0.29, 0.717) is 12.1 Å². The fourth-order valence-electron chi connectivity index (χ4n) is 0.876. The molecule has 3 heteroatoms. The van der Waals surface area contributed by atoms with E-state index in [1.807, 2.05) is 0 Å². The predicted octanol–water partition coefficient (Wildman–Crippen LogP) is 1.94. The average molecular weight is 169 g/mol. The summed E-state index contributed by atoms with van der Waals surface area (Å²) in [5.74, 6) is -1.15. The van der Waals surface area contributed by atoms with Crippen LogP contribution in [0, 0.1) is 11.6 Å². The minimum absolute atomic E-state index is 0.359. The molecule has 0 fully saturated rings. The Morgan fingerprint density at radius 1 is 1.17 bits per heavy atom. The molecule has 0 spiro atoms. The first-order valence-electron chi connectivity index (χ1n) is 3.55. The molecule has 2 N–H and O–H groups in total. The van der Waals surface area contributed by atoms with Gasteiger partial charge in [0, 0.05) is 12.6 Å². The fourth-order valence-corrected chi connectivity index (χ4v) is 0.876. The molecule has 1 aromatic rings. The molecule has 0 bridgehead atoms. The lowest BCUT2D eigenvalue weighted by Crippen LogP contribution is -1.92. The number of rotatable bonds is 2. The van der Waals surface area contributed by atoms with E-state index < -0.39 is 11.6 Å². The van der Waals surface area contributed by atoms with Gasteiger partial charge in [-0.05, 0) is 17.7 Å². The van der Waals surface area contributed by atoms with Crippen LogP contribution in [0.3, 0.4) is 0 Å². The first-order chi connectivity index (χ1) is 5.72. The van der Waals surface area contributed by atoms with Crippen molar-refractivity contribution in [3.63, 3.8) is 0 Å². The zero-order valence-electron chi connectivity index (χ0n) is 6.43. The van der Waals surface area contributed by atoms with Crippen molar-refractivity contribution >= 4 is 6.08 Å². The molecule has 0 radical (unpaired) electrons. The summed E-state index contributed by atoms with van der Waals surface area (Å²) >= 11 is 0. The summed E-state index contributed by atoms with van der Waals surface area (Å²) < 4.78 is 25.1. The van der Waals surface area contributed by atoms with E-state index in [1.165, 1.54) is 12.1 Å². The molecule has 0 aliphatic carbocycles. The number of hydrogen-bond acceptors (Lipinski definition) is 1. The van der Waals surface area contributed by atoms with Gasteiger partial charge < -0.3 is 5.73 Å². The van der Waals surface area contributed by atoms with Crippen molar-refractivity contribution in [2.75, 3.05) is 6.54 Å². The Hall–Kier alpha value is -1.22. The largest absolute Gasteiger partial charge is 0.327 e. The maximum Gasteiger partial charge on any atom is 0.126 e. The molecular formula is C9H9F2N. The van der Waals surface area contributed by atoms with Crippen molar-refractivity contribution in [2.45, 2.75) is 0 Å². The normalized spacial score (nSPS) is 10.9. The molecule has 0 atom stereocenters. The molecule has 0 aromatic heterocycles. The van der Waals surface area contributed by atoms with Crippen LogP contribution in [0.1, 0.15) is 5.56 Å². The number of benzene rings is 1. The van der Waals surface area contributed by atoms with Crippen molar-refractivity contribution in [1.29, 1.82) is 0 Å². The van der Waals surface area contributed by atoms with Crippen molar-refractivity contribution in [2.24, 2.45) is 5.73 Å². The summed E-state index contributed by atoms with van der Waals surface area (Å²) in [6.45, 7) is 0.359. The van der Waals surface area contributed by atoms with Gasteiger partial charge in [0.1, 0.15) is 11.6 Å². The number of halogens is 2. The predicted molar refractivity (Wildman–Crippen MR) is 44.4 cm³/mol. The van der Waals surface area contributed by atoms with Crippen LogP contribution in [0.5, 0.6) is 0 Å². The van der Waals surface area contributed by atoms with E-state index in [2.05, 4.69) is 0 Å². The molecule has 1 aromatic carbocycles. The Morgan fingerprint density at radius 3 is 2.25 bits per heavy atom. The highest BCUT2D eigenvalue weighted by Crippen LogP contribution is 2.08. The van der Waals surface area contributed by atoms with Gasteiger partial charge in [0.05, 0.1) is 0 Å². The molecule has 12 heavy (non-hydrogen) atoms. The second-order valence-corrected chi connectivity index (χ2v) is 2.34. The third kappa shape index (κ3) is 2.43. The van der Waals surface area contributed by atoms with Crippen molar-refractivity contribution in [3.8, 4) is 0 Å². The summed E-state index contributed by atoms with van der Waals surface area (Å²) in [4.78, 5) is 0. The molecule has 0 aliphatic rings. The molecule has 1 nitrogen and oxygen atoms in total. The molecule has 1 rings (SSSR count). The summed E-state index contributed by atoms with van der Waals surface area (Å²) in [5.41, 5.74) is 5.66. The second-order valence-electron chi connectivity index (χ2n) is 2.34. The van der Waals surface area contributed by atoms with Crippen LogP contribution in [0.4, 0.5) is 8.78 Å². The minimum Gasteiger partial charge on any atom is -0.327 e. The SMILES string of the molecule is NCC=Cc1cc(F)cc(F)c1. The van der Waals surface area contributed by atoms with Crippen LogP contribution in [0.2, 0.25) is 0 Å². The van der Waals surface area contributed by atoms with E-state index in [-0.39, 0.29) is 0 Å². The smallest absolute Gasteiger partial charge is 0.126 e. The summed E-state index contributed by atoms with van der Waals surface area (Å²) in [6, 6.07) is 3.32. The number of hydrogen-bond donors (Lipinski definition) is 1. The van der Waals surface area contributed by atoms with E-state index in [9.17, 15) is 8.78 Å². The lowest BCUT2D eigenvalue weighted by atomic mass is 10.2. The van der Waals surface area contributed by atoms with Crippen LogP contribution in [0.15, 0.2) is 24.3 Å². The van der Waals surface area contributed by atoms with Gasteiger partial charge in [0.25, 0.3) is 0 Å². The second kappa shape index (κ2) is 3.97. The van der Waals surface area contributed by atoms with Gasteiger partial charge in [-0.1, -0.05) is 12.2 Å². The van der Waals surface area contributed by atoms with E-state index >= 15 is 0 Å². The average Bonchev–Trinajstić information content (AvgIpc) is 1.99. The van der Waals surface area contributed by atoms with Gasteiger partial charge in [-0.15, -0.1) is 0 Å². The lowest BCUT2D eigenvalue weighted by molar-refractivity contribution is 0.583. The Morgan fingerprint density at radius 2 is 1.75 bits per heavy atom. The molecule has 0 aliphatic heterocycles. The third-order valence-corrected chi connectivity index (χ3v) is 1.33. The van der Waals surface area contributed by atoms with Crippen LogP contribution in [-0.2, 0) is 0 Å². The molecular weight excluding hydrogens is 160 g/mol. The molecule has 0 saturated heterocycles. The van der Waals surface area contributed by atoms with Crippen molar-refractivity contribution < 1.29 is 8.78 Å². The van der Waals surface area contributed by atoms with E-state index in [0.717, 1.165) is 6.07 Å². The highest BCUT2D eigenvalue weighted by atomic mass is 19.1. The summed E-state index contributed by atoms with van der Waals surface area (Å²) in [7, 11) is 0. The first-order valence-corrected chi connectivity index (χ1v) is 3.55. The highest BCUT2D eigenvalue weighted by Gasteiger charge is 1.96. The Balaban J connectivity index is 2.93. The highest BCUT2D eigenvalue weighted by molar-refractivity contribution is 5.49. The van der Waals surface area contributed by atoms with Gasteiger partial charge in [0.2, 0.25) is 0 Å². The van der Waals surface area contributed by atoms with Crippen LogP contribution < -0.4 is 5.73 Å². The van der Waals surface area contributed by atoms with E-state index in [1.54, 1.807) is 12.2 Å². The molecule has 0 unspecified atom stereocenters. The maximum absolute atomic E-state index is 12.6. The topological polar surface area (TPSA) is 26.0 Å². The van der Waals surface area contributed by atoms with E-state index in [4.69, 9.17) is 5.73 Å². The quantitative estimate of drug-likeness (QED) is 0.719.